The van der Waals surface area contributed by atoms with Crippen molar-refractivity contribution in [2.75, 3.05) is 0 Å². The molecule has 1 amide bonds. The summed E-state index contributed by atoms with van der Waals surface area (Å²) in [7, 11) is 0. The zero-order chi connectivity index (χ0) is 20.5. The van der Waals surface area contributed by atoms with Crippen LogP contribution in [0.4, 0.5) is 5.69 Å². The quantitative estimate of drug-likeness (QED) is 0.280. The first-order valence-corrected chi connectivity index (χ1v) is 9.44. The standard InChI is InChI=1S/C21H19N3O5/c25-19(13-5-3-9-16(11-13)24(28)29)17-18(14-6-4-10-22-12-14)23(21(27)20(17)26)15-7-1-2-8-15/h3-6,9-12,15,18,25H,1-2,7-8H2/b19-17-. The molecule has 148 valence electrons. The second kappa shape index (κ2) is 7.46. The van der Waals surface area contributed by atoms with Crippen molar-refractivity contribution in [2.45, 2.75) is 37.8 Å². The van der Waals surface area contributed by atoms with Crippen LogP contribution >= 0.6 is 0 Å². The van der Waals surface area contributed by atoms with E-state index < -0.39 is 28.4 Å². The van der Waals surface area contributed by atoms with Crippen molar-refractivity contribution < 1.29 is 19.6 Å². The summed E-state index contributed by atoms with van der Waals surface area (Å²) in [5.74, 6) is -1.85. The van der Waals surface area contributed by atoms with Gasteiger partial charge >= 0.3 is 0 Å². The molecule has 1 saturated carbocycles. The third-order valence-corrected chi connectivity index (χ3v) is 5.53. The summed E-state index contributed by atoms with van der Waals surface area (Å²) in [6.45, 7) is 0. The van der Waals surface area contributed by atoms with E-state index in [1.807, 2.05) is 0 Å². The summed E-state index contributed by atoms with van der Waals surface area (Å²) in [5.41, 5.74) is 0.468. The lowest BCUT2D eigenvalue weighted by molar-refractivity contribution is -0.384. The van der Waals surface area contributed by atoms with Gasteiger partial charge in [0.1, 0.15) is 5.76 Å². The summed E-state index contributed by atoms with van der Waals surface area (Å²) >= 11 is 0. The molecule has 8 nitrogen and oxygen atoms in total. The van der Waals surface area contributed by atoms with E-state index in [2.05, 4.69) is 4.98 Å². The van der Waals surface area contributed by atoms with Gasteiger partial charge in [0.15, 0.2) is 0 Å². The minimum atomic E-state index is -0.783. The Hall–Kier alpha value is -3.55. The van der Waals surface area contributed by atoms with Crippen LogP contribution in [-0.4, -0.2) is 37.6 Å². The van der Waals surface area contributed by atoms with Crippen LogP contribution in [-0.2, 0) is 9.59 Å². The number of pyridine rings is 1. The number of amides is 1. The van der Waals surface area contributed by atoms with E-state index in [4.69, 9.17) is 0 Å². The molecule has 0 spiro atoms. The molecule has 1 aromatic heterocycles. The molecule has 2 aromatic rings. The first-order valence-electron chi connectivity index (χ1n) is 9.44. The molecule has 1 aliphatic carbocycles. The molecule has 1 aromatic carbocycles. The molecular weight excluding hydrogens is 374 g/mol. The lowest BCUT2D eigenvalue weighted by atomic mass is 9.95. The number of ketones is 1. The van der Waals surface area contributed by atoms with Crippen LogP contribution in [0.25, 0.3) is 5.76 Å². The monoisotopic (exact) mass is 393 g/mol. The Labute approximate surface area is 166 Å². The van der Waals surface area contributed by atoms with Gasteiger partial charge in [-0.05, 0) is 24.5 Å². The number of benzene rings is 1. The van der Waals surface area contributed by atoms with Crippen molar-refractivity contribution in [3.05, 3.63) is 75.6 Å². The van der Waals surface area contributed by atoms with E-state index in [1.165, 1.54) is 24.3 Å². The highest BCUT2D eigenvalue weighted by Crippen LogP contribution is 2.43. The number of nitro groups is 1. The van der Waals surface area contributed by atoms with E-state index in [1.54, 1.807) is 29.4 Å². The van der Waals surface area contributed by atoms with Crippen LogP contribution in [0.3, 0.4) is 0 Å². The number of aliphatic hydroxyl groups excluding tert-OH is 1. The Kier molecular flexibility index (Phi) is 4.84. The topological polar surface area (TPSA) is 114 Å². The number of aliphatic hydroxyl groups is 1. The highest BCUT2D eigenvalue weighted by molar-refractivity contribution is 6.46. The Morgan fingerprint density at radius 3 is 2.59 bits per heavy atom. The largest absolute Gasteiger partial charge is 0.507 e. The smallest absolute Gasteiger partial charge is 0.295 e. The molecule has 29 heavy (non-hydrogen) atoms. The fourth-order valence-corrected chi connectivity index (χ4v) is 4.20. The Bertz CT molecular complexity index is 1010. The van der Waals surface area contributed by atoms with Crippen LogP contribution in [0.1, 0.15) is 42.9 Å². The lowest BCUT2D eigenvalue weighted by Gasteiger charge is -2.30. The third kappa shape index (κ3) is 3.26. The maximum Gasteiger partial charge on any atom is 0.295 e. The van der Waals surface area contributed by atoms with Gasteiger partial charge in [-0.3, -0.25) is 24.7 Å². The third-order valence-electron chi connectivity index (χ3n) is 5.53. The van der Waals surface area contributed by atoms with Gasteiger partial charge in [0, 0.05) is 36.1 Å². The average molecular weight is 393 g/mol. The zero-order valence-electron chi connectivity index (χ0n) is 15.5. The predicted molar refractivity (Wildman–Crippen MR) is 104 cm³/mol. The number of rotatable bonds is 4. The predicted octanol–water partition coefficient (Wildman–Crippen LogP) is 3.35. The molecule has 1 N–H and O–H groups in total. The van der Waals surface area contributed by atoms with E-state index in [0.717, 1.165) is 25.7 Å². The van der Waals surface area contributed by atoms with Gasteiger partial charge < -0.3 is 10.0 Å². The van der Waals surface area contributed by atoms with E-state index in [-0.39, 0.29) is 22.9 Å². The number of hydrogen-bond donors (Lipinski definition) is 1. The van der Waals surface area contributed by atoms with E-state index in [0.29, 0.717) is 5.56 Å². The SMILES string of the molecule is O=C1C(=O)N(C2CCCC2)C(c2cccnc2)/C1=C(/O)c1cccc([N+](=O)[O-])c1. The number of nitrogens with zero attached hydrogens (tertiary/aromatic N) is 3. The molecule has 4 rings (SSSR count). The normalized spacial score (nSPS) is 21.7. The fourth-order valence-electron chi connectivity index (χ4n) is 4.20. The minimum Gasteiger partial charge on any atom is -0.507 e. The number of carbonyl (C=O) groups excluding carboxylic acids is 2. The molecule has 0 radical (unpaired) electrons. The number of aromatic nitrogens is 1. The number of likely N-dealkylation sites (tertiary alicyclic amines) is 1. The minimum absolute atomic E-state index is 0.0598. The van der Waals surface area contributed by atoms with Crippen molar-refractivity contribution in [1.82, 2.24) is 9.88 Å². The summed E-state index contributed by atoms with van der Waals surface area (Å²) in [6, 6.07) is 8.00. The van der Waals surface area contributed by atoms with Gasteiger partial charge in [0.25, 0.3) is 17.4 Å². The first-order chi connectivity index (χ1) is 14.0. The molecule has 1 unspecified atom stereocenters. The average Bonchev–Trinajstić information content (AvgIpc) is 3.35. The second-order valence-electron chi connectivity index (χ2n) is 7.24. The van der Waals surface area contributed by atoms with Gasteiger partial charge in [0.05, 0.1) is 16.5 Å². The summed E-state index contributed by atoms with van der Waals surface area (Å²) in [5, 5.41) is 22.0. The van der Waals surface area contributed by atoms with Crippen molar-refractivity contribution in [3.8, 4) is 0 Å². The number of Topliss-reactive ketones (excluding diaryl/α,β-unsaturated/α-hetero) is 1. The molecular formula is C21H19N3O5. The Morgan fingerprint density at radius 1 is 1.17 bits per heavy atom. The van der Waals surface area contributed by atoms with Gasteiger partial charge in [-0.2, -0.15) is 0 Å². The first kappa shape index (κ1) is 18.8. The lowest BCUT2D eigenvalue weighted by Crippen LogP contribution is -2.37. The summed E-state index contributed by atoms with van der Waals surface area (Å²) < 4.78 is 0. The van der Waals surface area contributed by atoms with Crippen LogP contribution in [0.5, 0.6) is 0 Å². The Balaban J connectivity index is 1.88. The van der Waals surface area contributed by atoms with Crippen molar-refractivity contribution in [3.63, 3.8) is 0 Å². The highest BCUT2D eigenvalue weighted by Gasteiger charge is 2.49. The number of non-ortho nitro benzene ring substituents is 1. The van der Waals surface area contributed by atoms with Crippen LogP contribution in [0, 0.1) is 10.1 Å². The molecule has 2 aliphatic rings. The molecule has 0 bridgehead atoms. The second-order valence-corrected chi connectivity index (χ2v) is 7.24. The molecule has 1 aliphatic heterocycles. The molecule has 1 atom stereocenters. The molecule has 1 saturated heterocycles. The van der Waals surface area contributed by atoms with E-state index >= 15 is 0 Å². The van der Waals surface area contributed by atoms with Crippen molar-refractivity contribution >= 4 is 23.1 Å². The van der Waals surface area contributed by atoms with Gasteiger partial charge in [-0.15, -0.1) is 0 Å². The molecule has 2 fully saturated rings. The fraction of sp³-hybridized carbons (Fsp3) is 0.286. The summed E-state index contributed by atoms with van der Waals surface area (Å²) in [6.07, 6.45) is 6.68. The van der Waals surface area contributed by atoms with Gasteiger partial charge in [-0.1, -0.05) is 31.0 Å². The van der Waals surface area contributed by atoms with Crippen molar-refractivity contribution in [1.29, 1.82) is 0 Å². The zero-order valence-corrected chi connectivity index (χ0v) is 15.5. The molecule has 8 heteroatoms. The number of hydrogen-bond acceptors (Lipinski definition) is 6. The number of carbonyl (C=O) groups is 2. The summed E-state index contributed by atoms with van der Waals surface area (Å²) in [4.78, 5) is 42.0. The number of nitro benzene ring substituents is 1. The molecule has 2 heterocycles. The maximum absolute atomic E-state index is 12.9. The van der Waals surface area contributed by atoms with Gasteiger partial charge in [-0.25, -0.2) is 0 Å². The van der Waals surface area contributed by atoms with Crippen molar-refractivity contribution in [2.24, 2.45) is 0 Å². The van der Waals surface area contributed by atoms with Gasteiger partial charge in [0.2, 0.25) is 0 Å². The Morgan fingerprint density at radius 2 is 1.93 bits per heavy atom. The highest BCUT2D eigenvalue weighted by atomic mass is 16.6. The maximum atomic E-state index is 12.9. The van der Waals surface area contributed by atoms with E-state index in [9.17, 15) is 24.8 Å². The van der Waals surface area contributed by atoms with Crippen LogP contribution in [0.2, 0.25) is 0 Å². The van der Waals surface area contributed by atoms with Crippen LogP contribution < -0.4 is 0 Å². The van der Waals surface area contributed by atoms with Crippen LogP contribution in [0.15, 0.2) is 54.4 Å².